The number of benzene rings is 1. The second-order valence-electron chi connectivity index (χ2n) is 8.73. The van der Waals surface area contributed by atoms with Crippen LogP contribution in [0.2, 0.25) is 18.1 Å². The van der Waals surface area contributed by atoms with Crippen molar-refractivity contribution in [2.45, 2.75) is 89.0 Å². The third-order valence-electron chi connectivity index (χ3n) is 6.99. The highest BCUT2D eigenvalue weighted by Gasteiger charge is 2.32. The highest BCUT2D eigenvalue weighted by Crippen LogP contribution is 2.44. The lowest BCUT2D eigenvalue weighted by atomic mass is 9.72. The van der Waals surface area contributed by atoms with E-state index in [1.165, 1.54) is 55.9 Å². The molecule has 0 unspecified atom stereocenters. The Labute approximate surface area is 167 Å². The summed E-state index contributed by atoms with van der Waals surface area (Å²) in [7, 11) is -0.474. The lowest BCUT2D eigenvalue weighted by molar-refractivity contribution is -0.0546. The summed E-state index contributed by atoms with van der Waals surface area (Å²) in [4.78, 5) is 0. The van der Waals surface area contributed by atoms with Crippen LogP contribution in [0.5, 0.6) is 5.75 Å². The van der Waals surface area contributed by atoms with Gasteiger partial charge in [-0.2, -0.15) is 8.78 Å². The first-order valence-electron chi connectivity index (χ1n) is 10.9. The smallest absolute Gasteiger partial charge is 0.387 e. The van der Waals surface area contributed by atoms with Gasteiger partial charge in [-0.3, -0.25) is 0 Å². The van der Waals surface area contributed by atoms with Gasteiger partial charge in [0.2, 0.25) is 0 Å². The van der Waals surface area contributed by atoms with E-state index in [2.05, 4.69) is 11.7 Å². The molecule has 1 nitrogen and oxygen atoms in total. The molecule has 0 atom stereocenters. The predicted octanol–water partition coefficient (Wildman–Crippen LogP) is 7.28. The van der Waals surface area contributed by atoms with Gasteiger partial charge in [0.05, 0.1) is 0 Å². The normalized spacial score (nSPS) is 28.5. The minimum Gasteiger partial charge on any atom is -0.429 e. The van der Waals surface area contributed by atoms with Crippen LogP contribution in [0.15, 0.2) is 12.1 Å². The number of unbranched alkanes of at least 4 members (excludes halogenated alkanes) is 1. The van der Waals surface area contributed by atoms with Crippen molar-refractivity contribution in [2.75, 3.05) is 0 Å². The number of hydrogen-bond acceptors (Lipinski definition) is 1. The van der Waals surface area contributed by atoms with Crippen molar-refractivity contribution >= 4 is 8.80 Å². The minimum atomic E-state index is -3.23. The van der Waals surface area contributed by atoms with Gasteiger partial charge in [-0.05, 0) is 61.1 Å². The second kappa shape index (κ2) is 10.1. The Morgan fingerprint density at radius 2 is 1.54 bits per heavy atom. The Kier molecular flexibility index (Phi) is 7.83. The molecule has 1 aromatic rings. The number of rotatable bonds is 7. The first-order valence-corrected chi connectivity index (χ1v) is 13.4. The van der Waals surface area contributed by atoms with E-state index in [4.69, 9.17) is 0 Å². The van der Waals surface area contributed by atoms with Gasteiger partial charge in [0.25, 0.3) is 0 Å². The average molecular weight is 417 g/mol. The van der Waals surface area contributed by atoms with Crippen LogP contribution in [-0.2, 0) is 0 Å². The summed E-state index contributed by atoms with van der Waals surface area (Å²) in [6.07, 6.45) is 9.55. The zero-order valence-electron chi connectivity index (χ0n) is 16.7. The van der Waals surface area contributed by atoms with E-state index in [9.17, 15) is 17.6 Å². The Morgan fingerprint density at radius 1 is 0.964 bits per heavy atom. The van der Waals surface area contributed by atoms with Crippen molar-refractivity contribution in [3.63, 3.8) is 0 Å². The monoisotopic (exact) mass is 416 g/mol. The zero-order valence-corrected chi connectivity index (χ0v) is 17.9. The number of halogens is 4. The molecule has 1 aliphatic heterocycles. The molecule has 3 rings (SSSR count). The van der Waals surface area contributed by atoms with Crippen LogP contribution in [0.3, 0.4) is 0 Å². The van der Waals surface area contributed by atoms with Gasteiger partial charge in [-0.1, -0.05) is 50.7 Å². The molecule has 1 aromatic carbocycles. The van der Waals surface area contributed by atoms with Gasteiger partial charge >= 0.3 is 6.61 Å². The summed E-state index contributed by atoms with van der Waals surface area (Å²) in [5.41, 5.74) is 0.575. The minimum absolute atomic E-state index is 0.108. The molecule has 2 aliphatic rings. The molecule has 0 spiro atoms. The van der Waals surface area contributed by atoms with Crippen LogP contribution in [0, 0.1) is 23.5 Å². The molecule has 6 heteroatoms. The fourth-order valence-electron chi connectivity index (χ4n) is 5.38. The number of ether oxygens (including phenoxy) is 1. The fraction of sp³-hybridized carbons (Fsp3) is 0.727. The largest absolute Gasteiger partial charge is 0.429 e. The maximum Gasteiger partial charge on any atom is 0.387 e. The molecule has 1 aliphatic carbocycles. The fourth-order valence-corrected chi connectivity index (χ4v) is 9.03. The molecule has 1 heterocycles. The Hall–Kier alpha value is -1.04. The number of alkyl halides is 2. The summed E-state index contributed by atoms with van der Waals surface area (Å²) in [6, 6.07) is 6.85. The lowest BCUT2D eigenvalue weighted by Crippen LogP contribution is -2.28. The Balaban J connectivity index is 1.52. The SMILES string of the molecule is CCCC[Si@H]1CC[C@H]([C@H]2CC[C@H](c3cc(F)c(OC(F)F)c(F)c3)CC2)CC1. The van der Waals surface area contributed by atoms with E-state index >= 15 is 0 Å². The van der Waals surface area contributed by atoms with Crippen LogP contribution in [0.1, 0.15) is 69.8 Å². The van der Waals surface area contributed by atoms with Gasteiger partial charge in [0.1, 0.15) is 0 Å². The van der Waals surface area contributed by atoms with Gasteiger partial charge in [-0.15, -0.1) is 0 Å². The zero-order chi connectivity index (χ0) is 20.1. The first kappa shape index (κ1) is 21.7. The van der Waals surface area contributed by atoms with Crippen molar-refractivity contribution in [1.82, 2.24) is 0 Å². The van der Waals surface area contributed by atoms with E-state index in [-0.39, 0.29) is 5.92 Å². The van der Waals surface area contributed by atoms with Crippen molar-refractivity contribution in [1.29, 1.82) is 0 Å². The van der Waals surface area contributed by atoms with E-state index < -0.39 is 32.8 Å². The highest BCUT2D eigenvalue weighted by atomic mass is 28.3. The third kappa shape index (κ3) is 5.52. The van der Waals surface area contributed by atoms with Crippen molar-refractivity contribution in [3.05, 3.63) is 29.3 Å². The molecule has 0 aromatic heterocycles. The van der Waals surface area contributed by atoms with Crippen molar-refractivity contribution < 1.29 is 22.3 Å². The van der Waals surface area contributed by atoms with Gasteiger partial charge in [-0.25, -0.2) is 8.78 Å². The summed E-state index contributed by atoms with van der Waals surface area (Å²) in [6.45, 7) is -0.958. The second-order valence-corrected chi connectivity index (χ2v) is 12.2. The number of hydrogen-bond donors (Lipinski definition) is 0. The topological polar surface area (TPSA) is 9.23 Å². The summed E-state index contributed by atoms with van der Waals surface area (Å²) in [5, 5.41) is 0. The standard InChI is InChI=1S/C22H32F4OSi/c1-2-3-10-28-11-8-17(9-12-28)15-4-6-16(7-5-15)18-13-19(23)21(20(24)14-18)27-22(25)26/h13-17,22,28H,2-12H2,1H3/t15-,16-,17-,28-. The summed E-state index contributed by atoms with van der Waals surface area (Å²) < 4.78 is 56.6. The van der Waals surface area contributed by atoms with Crippen LogP contribution in [-0.4, -0.2) is 15.4 Å². The molecule has 0 radical (unpaired) electrons. The quantitative estimate of drug-likeness (QED) is 0.335. The van der Waals surface area contributed by atoms with Gasteiger partial charge in [0.15, 0.2) is 17.4 Å². The Morgan fingerprint density at radius 3 is 2.07 bits per heavy atom. The molecule has 1 saturated carbocycles. The molecule has 158 valence electrons. The average Bonchev–Trinajstić information content (AvgIpc) is 2.69. The molecule has 0 amide bonds. The van der Waals surface area contributed by atoms with E-state index in [1.54, 1.807) is 0 Å². The van der Waals surface area contributed by atoms with E-state index in [0.717, 1.165) is 37.5 Å². The van der Waals surface area contributed by atoms with Crippen molar-refractivity contribution in [2.24, 2.45) is 11.8 Å². The molecular weight excluding hydrogens is 384 g/mol. The third-order valence-corrected chi connectivity index (χ3v) is 10.5. The maximum atomic E-state index is 14.0. The van der Waals surface area contributed by atoms with Crippen LogP contribution in [0.25, 0.3) is 0 Å². The summed E-state index contributed by atoms with van der Waals surface area (Å²) >= 11 is 0. The molecule has 2 fully saturated rings. The predicted molar refractivity (Wildman–Crippen MR) is 107 cm³/mol. The maximum absolute atomic E-state index is 14.0. The van der Waals surface area contributed by atoms with Crippen LogP contribution in [0.4, 0.5) is 17.6 Å². The molecule has 1 saturated heterocycles. The molecule has 0 bridgehead atoms. The van der Waals surface area contributed by atoms with Crippen molar-refractivity contribution in [3.8, 4) is 5.75 Å². The molecule has 0 N–H and O–H groups in total. The van der Waals surface area contributed by atoms with Crippen LogP contribution < -0.4 is 4.74 Å². The van der Waals surface area contributed by atoms with Gasteiger partial charge in [0, 0.05) is 8.80 Å². The van der Waals surface area contributed by atoms with Gasteiger partial charge < -0.3 is 4.74 Å². The highest BCUT2D eigenvalue weighted by molar-refractivity contribution is 6.58. The lowest BCUT2D eigenvalue weighted by Gasteiger charge is -2.37. The first-order chi connectivity index (χ1) is 13.5. The Bertz CT molecular complexity index is 600. The van der Waals surface area contributed by atoms with E-state index in [0.29, 0.717) is 5.56 Å². The molecule has 28 heavy (non-hydrogen) atoms. The molecular formula is C22H32F4OSi. The summed E-state index contributed by atoms with van der Waals surface area (Å²) in [5.74, 6) is -1.36. The van der Waals surface area contributed by atoms with Crippen LogP contribution >= 0.6 is 0 Å². The van der Waals surface area contributed by atoms with E-state index in [1.807, 2.05) is 0 Å².